The van der Waals surface area contributed by atoms with Crippen molar-refractivity contribution in [3.05, 3.63) is 47.2 Å². The van der Waals surface area contributed by atoms with Crippen LogP contribution in [0.15, 0.2) is 36.0 Å². The predicted octanol–water partition coefficient (Wildman–Crippen LogP) is 4.58. The smallest absolute Gasteiger partial charge is 0.399 e. The first-order valence-corrected chi connectivity index (χ1v) is 9.23. The van der Waals surface area contributed by atoms with E-state index in [-0.39, 0.29) is 11.0 Å². The highest BCUT2D eigenvalue weighted by Gasteiger charge is 2.52. The number of hydrogen-bond acceptors (Lipinski definition) is 4. The summed E-state index contributed by atoms with van der Waals surface area (Å²) >= 11 is 0. The maximum atomic E-state index is 15.1. The van der Waals surface area contributed by atoms with Gasteiger partial charge in [-0.3, -0.25) is 4.68 Å². The summed E-state index contributed by atoms with van der Waals surface area (Å²) in [4.78, 5) is 0. The zero-order valence-electron chi connectivity index (χ0n) is 17.7. The lowest BCUT2D eigenvalue weighted by molar-refractivity contribution is 0.00578. The summed E-state index contributed by atoms with van der Waals surface area (Å²) in [7, 11) is 0.559. The molecule has 1 aromatic heterocycles. The topological polar surface area (TPSA) is 45.5 Å². The van der Waals surface area contributed by atoms with Crippen molar-refractivity contribution in [1.82, 2.24) is 9.78 Å². The van der Waals surface area contributed by atoms with Crippen molar-refractivity contribution in [2.24, 2.45) is 0 Å². The third kappa shape index (κ3) is 4.14. The van der Waals surface area contributed by atoms with Gasteiger partial charge in [-0.05, 0) is 47.1 Å². The molecule has 0 amide bonds. The molecule has 2 rings (SSSR count). The fourth-order valence-electron chi connectivity index (χ4n) is 2.89. The molecule has 2 heterocycles. The Morgan fingerprint density at radius 1 is 1.25 bits per heavy atom. The molecule has 1 saturated heterocycles. The van der Waals surface area contributed by atoms with Gasteiger partial charge in [0.05, 0.1) is 30.6 Å². The number of halogens is 2. The molecule has 154 valence electrons. The van der Waals surface area contributed by atoms with Crippen molar-refractivity contribution in [1.29, 1.82) is 0 Å². The number of ether oxygens (including phenoxy) is 1. The van der Waals surface area contributed by atoms with E-state index in [1.165, 1.54) is 19.2 Å². The molecular weight excluding hydrogens is 365 g/mol. The summed E-state index contributed by atoms with van der Waals surface area (Å²) in [6.07, 6.45) is 2.76. The number of allylic oxidation sites excluding steroid dienone is 5. The molecule has 0 spiro atoms. The van der Waals surface area contributed by atoms with Gasteiger partial charge < -0.3 is 14.0 Å². The second-order valence-electron chi connectivity index (χ2n) is 7.86. The first kappa shape index (κ1) is 22.5. The summed E-state index contributed by atoms with van der Waals surface area (Å²) in [6, 6.07) is 0. The number of hydrogen-bond donors (Lipinski definition) is 0. The maximum Gasteiger partial charge on any atom is 0.497 e. The predicted molar refractivity (Wildman–Crippen MR) is 107 cm³/mol. The summed E-state index contributed by atoms with van der Waals surface area (Å²) in [6.45, 7) is 15.3. The van der Waals surface area contributed by atoms with Crippen LogP contribution in [0.5, 0.6) is 0 Å². The van der Waals surface area contributed by atoms with Crippen LogP contribution in [0, 0.1) is 6.92 Å². The molecule has 0 saturated carbocycles. The van der Waals surface area contributed by atoms with E-state index < -0.39 is 30.0 Å². The monoisotopic (exact) mass is 394 g/mol. The fourth-order valence-corrected chi connectivity index (χ4v) is 2.89. The van der Waals surface area contributed by atoms with E-state index >= 15 is 8.78 Å². The number of methoxy groups -OCH3 is 1. The van der Waals surface area contributed by atoms with E-state index in [1.807, 2.05) is 27.7 Å². The third-order valence-electron chi connectivity index (χ3n) is 5.52. The highest BCUT2D eigenvalue weighted by atomic mass is 19.2. The van der Waals surface area contributed by atoms with Crippen LogP contribution in [0.25, 0.3) is 5.57 Å². The molecule has 0 radical (unpaired) electrons. The zero-order chi connectivity index (χ0) is 21.3. The Hall–Kier alpha value is -1.77. The van der Waals surface area contributed by atoms with Crippen molar-refractivity contribution in [3.63, 3.8) is 0 Å². The van der Waals surface area contributed by atoms with Gasteiger partial charge in [0.15, 0.2) is 11.7 Å². The first-order chi connectivity index (χ1) is 13.0. The van der Waals surface area contributed by atoms with Crippen LogP contribution in [-0.4, -0.2) is 41.8 Å². The molecule has 0 aliphatic carbocycles. The van der Waals surface area contributed by atoms with Gasteiger partial charge in [-0.2, -0.15) is 5.10 Å². The summed E-state index contributed by atoms with van der Waals surface area (Å²) in [5, 5.41) is 4.22. The van der Waals surface area contributed by atoms with Crippen molar-refractivity contribution >= 4 is 12.7 Å². The summed E-state index contributed by atoms with van der Waals surface area (Å²) in [5.41, 5.74) is 0.00458. The highest BCUT2D eigenvalue weighted by Crippen LogP contribution is 2.40. The van der Waals surface area contributed by atoms with Gasteiger partial charge in [0, 0.05) is 23.8 Å². The largest absolute Gasteiger partial charge is 0.497 e. The second kappa shape index (κ2) is 8.31. The molecule has 0 bridgehead atoms. The van der Waals surface area contributed by atoms with Crippen LogP contribution < -0.4 is 0 Å². The van der Waals surface area contributed by atoms with E-state index in [1.54, 1.807) is 18.7 Å². The van der Waals surface area contributed by atoms with Crippen LogP contribution in [0.4, 0.5) is 8.78 Å². The van der Waals surface area contributed by atoms with Gasteiger partial charge >= 0.3 is 7.12 Å². The summed E-state index contributed by atoms with van der Waals surface area (Å²) in [5.74, 6) is -2.03. The van der Waals surface area contributed by atoms with E-state index in [2.05, 4.69) is 11.7 Å². The first-order valence-electron chi connectivity index (χ1n) is 9.23. The maximum absolute atomic E-state index is 15.1. The minimum atomic E-state index is -1.05. The third-order valence-corrected chi connectivity index (χ3v) is 5.52. The Morgan fingerprint density at radius 3 is 2.32 bits per heavy atom. The molecular formula is C20H29BF2N2O3. The van der Waals surface area contributed by atoms with Gasteiger partial charge in [0.2, 0.25) is 0 Å². The molecule has 0 atom stereocenters. The minimum Gasteiger partial charge on any atom is -0.399 e. The molecule has 1 aromatic rings. The number of nitrogens with zero attached hydrogens (tertiary/aromatic N) is 2. The van der Waals surface area contributed by atoms with Crippen molar-refractivity contribution in [3.8, 4) is 0 Å². The van der Waals surface area contributed by atoms with Crippen LogP contribution >= 0.6 is 0 Å². The Labute approximate surface area is 166 Å². The van der Waals surface area contributed by atoms with Crippen LogP contribution in [0.1, 0.15) is 45.9 Å². The minimum absolute atomic E-state index is 0.0695. The van der Waals surface area contributed by atoms with Gasteiger partial charge in [-0.25, -0.2) is 8.78 Å². The molecule has 0 unspecified atom stereocenters. The Morgan fingerprint density at radius 2 is 1.82 bits per heavy atom. The van der Waals surface area contributed by atoms with E-state index in [4.69, 9.17) is 14.0 Å². The van der Waals surface area contributed by atoms with E-state index in [0.29, 0.717) is 18.7 Å². The van der Waals surface area contributed by atoms with Crippen LogP contribution in [-0.2, 0) is 20.6 Å². The molecule has 1 aliphatic heterocycles. The highest BCUT2D eigenvalue weighted by molar-refractivity contribution is 6.55. The average Bonchev–Trinajstić information content (AvgIpc) is 3.08. The SMILES string of the molecule is C=C/C(B1OC(C)(C)C(C)(C)O1)=C(F)\C(F)=C(/C)c1cnn(CCOC)c1C. The number of aromatic nitrogens is 2. The second-order valence-corrected chi connectivity index (χ2v) is 7.86. The molecule has 8 heteroatoms. The fraction of sp³-hybridized carbons (Fsp3) is 0.550. The van der Waals surface area contributed by atoms with Crippen molar-refractivity contribution in [2.75, 3.05) is 13.7 Å². The Bertz CT molecular complexity index is 796. The lowest BCUT2D eigenvalue weighted by atomic mass is 9.77. The number of rotatable bonds is 7. The van der Waals surface area contributed by atoms with Crippen molar-refractivity contribution in [2.45, 2.75) is 59.3 Å². The molecule has 28 heavy (non-hydrogen) atoms. The standard InChI is InChI=1S/C20H29BF2N2O3/c1-9-16(21-27-19(4,5)20(6,7)28-21)18(23)17(22)13(2)15-12-24-25(14(15)3)10-11-26-8/h9,12H,1,10-11H2,2-8H3/b17-13-,18-16-. The molecule has 5 nitrogen and oxygen atoms in total. The van der Waals surface area contributed by atoms with Crippen LogP contribution in [0.3, 0.4) is 0 Å². The molecule has 1 fully saturated rings. The molecule has 0 N–H and O–H groups in total. The van der Waals surface area contributed by atoms with Gasteiger partial charge in [-0.15, -0.1) is 0 Å². The Kier molecular flexibility index (Phi) is 6.68. The lowest BCUT2D eigenvalue weighted by Crippen LogP contribution is -2.41. The van der Waals surface area contributed by atoms with E-state index in [0.717, 1.165) is 5.69 Å². The molecule has 1 aliphatic rings. The molecule has 0 aromatic carbocycles. The van der Waals surface area contributed by atoms with Gasteiger partial charge in [0.1, 0.15) is 0 Å². The zero-order valence-corrected chi connectivity index (χ0v) is 17.7. The average molecular weight is 394 g/mol. The Balaban J connectivity index is 2.41. The van der Waals surface area contributed by atoms with Crippen molar-refractivity contribution < 1.29 is 22.8 Å². The van der Waals surface area contributed by atoms with Gasteiger partial charge in [0.25, 0.3) is 0 Å². The lowest BCUT2D eigenvalue weighted by Gasteiger charge is -2.32. The van der Waals surface area contributed by atoms with E-state index in [9.17, 15) is 0 Å². The van der Waals surface area contributed by atoms with Crippen LogP contribution in [0.2, 0.25) is 0 Å². The summed E-state index contributed by atoms with van der Waals surface area (Å²) < 4.78 is 48.5. The van der Waals surface area contributed by atoms with Gasteiger partial charge in [-0.1, -0.05) is 12.7 Å². The quantitative estimate of drug-likeness (QED) is 0.502. The normalized spacial score (nSPS) is 20.1.